The minimum atomic E-state index is -0.566. The Balaban J connectivity index is 1.75. The first-order chi connectivity index (χ1) is 13.4. The van der Waals surface area contributed by atoms with E-state index in [9.17, 15) is 9.59 Å². The number of furan rings is 1. The first-order valence-corrected chi connectivity index (χ1v) is 9.26. The minimum Gasteiger partial charge on any atom is -0.455 e. The van der Waals surface area contributed by atoms with Crippen molar-refractivity contribution in [1.29, 1.82) is 0 Å². The number of thiocarbonyl (C=S) groups is 1. The smallest absolute Gasteiger partial charge is 0.305 e. The van der Waals surface area contributed by atoms with E-state index in [4.69, 9.17) is 34.0 Å². The van der Waals surface area contributed by atoms with Gasteiger partial charge in [-0.25, -0.2) is 0 Å². The Morgan fingerprint density at radius 1 is 1.25 bits per heavy atom. The Hall–Kier alpha value is -2.91. The topological polar surface area (TPSA) is 122 Å². The maximum atomic E-state index is 12.5. The van der Waals surface area contributed by atoms with Crippen LogP contribution in [0.2, 0.25) is 5.02 Å². The number of carbonyl (C=O) groups excluding carboxylic acids is 2. The third-order valence-corrected chi connectivity index (χ3v) is 4.54. The van der Waals surface area contributed by atoms with Gasteiger partial charge < -0.3 is 10.2 Å². The number of rotatable bonds is 3. The van der Waals surface area contributed by atoms with Crippen molar-refractivity contribution in [2.24, 2.45) is 10.8 Å². The number of hydrazine groups is 1. The number of amides is 2. The standard InChI is InChI=1S/C18H18ClN5O3S/c1-9-14-12(21-24-18(20)28)6-3-7-13(14)27-15(9)17(26)23-22-16(25)10-4-2-5-11(19)8-10/h2,4-5,8H,3,6-7H2,1H3,(H,22,25)(H,23,26)(H3,20,24,28)/b21-12+. The molecule has 1 aliphatic rings. The number of halogens is 1. The van der Waals surface area contributed by atoms with Crippen LogP contribution in [-0.2, 0) is 6.42 Å². The zero-order chi connectivity index (χ0) is 20.3. The van der Waals surface area contributed by atoms with Gasteiger partial charge in [0, 0.05) is 28.1 Å². The van der Waals surface area contributed by atoms with E-state index < -0.39 is 11.8 Å². The van der Waals surface area contributed by atoms with Gasteiger partial charge in [-0.3, -0.25) is 25.9 Å². The summed E-state index contributed by atoms with van der Waals surface area (Å²) in [5.74, 6) is -0.281. The first kappa shape index (κ1) is 19.8. The maximum Gasteiger partial charge on any atom is 0.305 e. The second-order valence-electron chi connectivity index (χ2n) is 6.16. The van der Waals surface area contributed by atoms with Crippen LogP contribution in [0.15, 0.2) is 33.8 Å². The average Bonchev–Trinajstić information content (AvgIpc) is 3.01. The second-order valence-corrected chi connectivity index (χ2v) is 7.04. The van der Waals surface area contributed by atoms with Crippen molar-refractivity contribution >= 4 is 46.5 Å². The van der Waals surface area contributed by atoms with Gasteiger partial charge in [0.15, 0.2) is 10.9 Å². The summed E-state index contributed by atoms with van der Waals surface area (Å²) in [6, 6.07) is 6.38. The average molecular weight is 420 g/mol. The third-order valence-electron chi connectivity index (χ3n) is 4.21. The lowest BCUT2D eigenvalue weighted by Crippen LogP contribution is -2.41. The summed E-state index contributed by atoms with van der Waals surface area (Å²) in [6.07, 6.45) is 2.21. The van der Waals surface area contributed by atoms with Gasteiger partial charge in [0.25, 0.3) is 5.91 Å². The zero-order valence-corrected chi connectivity index (χ0v) is 16.5. The highest BCUT2D eigenvalue weighted by atomic mass is 35.5. The van der Waals surface area contributed by atoms with Gasteiger partial charge in [-0.15, -0.1) is 0 Å². The SMILES string of the molecule is Cc1c(C(=O)NNC(=O)c2cccc(Cl)c2)oc2c1/C(=N/NC(N)=S)CCC2. The normalized spacial score (nSPS) is 14.3. The molecule has 0 saturated heterocycles. The monoisotopic (exact) mass is 419 g/mol. The summed E-state index contributed by atoms with van der Waals surface area (Å²) in [5.41, 5.74) is 15.1. The van der Waals surface area contributed by atoms with Crippen molar-refractivity contribution in [2.45, 2.75) is 26.2 Å². The van der Waals surface area contributed by atoms with E-state index >= 15 is 0 Å². The summed E-state index contributed by atoms with van der Waals surface area (Å²) in [4.78, 5) is 24.7. The fourth-order valence-electron chi connectivity index (χ4n) is 2.99. The molecule has 2 amide bonds. The molecular formula is C18H18ClN5O3S. The molecule has 0 saturated carbocycles. The lowest BCUT2D eigenvalue weighted by Gasteiger charge is -2.13. The highest BCUT2D eigenvalue weighted by Gasteiger charge is 2.28. The van der Waals surface area contributed by atoms with Gasteiger partial charge >= 0.3 is 5.91 Å². The minimum absolute atomic E-state index is 0.0578. The number of benzene rings is 1. The Bertz CT molecular complexity index is 986. The van der Waals surface area contributed by atoms with E-state index in [-0.39, 0.29) is 10.9 Å². The summed E-state index contributed by atoms with van der Waals surface area (Å²) < 4.78 is 5.74. The third kappa shape index (κ3) is 4.32. The van der Waals surface area contributed by atoms with Crippen molar-refractivity contribution in [3.8, 4) is 0 Å². The molecule has 1 aliphatic carbocycles. The summed E-state index contributed by atoms with van der Waals surface area (Å²) in [5, 5.41) is 4.69. The highest BCUT2D eigenvalue weighted by Crippen LogP contribution is 2.29. The molecule has 0 atom stereocenters. The van der Waals surface area contributed by atoms with Gasteiger partial charge in [0.05, 0.1) is 5.71 Å². The summed E-state index contributed by atoms with van der Waals surface area (Å²) >= 11 is 10.6. The number of fused-ring (bicyclic) bond motifs is 1. The van der Waals surface area contributed by atoms with Gasteiger partial charge in [-0.2, -0.15) is 5.10 Å². The number of hydrogen-bond acceptors (Lipinski definition) is 5. The van der Waals surface area contributed by atoms with E-state index in [1.807, 2.05) is 0 Å². The van der Waals surface area contributed by atoms with E-state index in [0.717, 1.165) is 17.7 Å². The molecule has 0 radical (unpaired) electrons. The number of nitrogens with zero attached hydrogens (tertiary/aromatic N) is 1. The van der Waals surface area contributed by atoms with Crippen molar-refractivity contribution in [2.75, 3.05) is 0 Å². The quantitative estimate of drug-likeness (QED) is 0.447. The molecule has 0 bridgehead atoms. The van der Waals surface area contributed by atoms with Crippen LogP contribution < -0.4 is 22.0 Å². The molecule has 10 heteroatoms. The van der Waals surface area contributed by atoms with Crippen LogP contribution >= 0.6 is 23.8 Å². The van der Waals surface area contributed by atoms with E-state index in [0.29, 0.717) is 34.8 Å². The van der Waals surface area contributed by atoms with Gasteiger partial charge in [0.1, 0.15) is 5.76 Å². The first-order valence-electron chi connectivity index (χ1n) is 8.47. The molecule has 0 unspecified atom stereocenters. The van der Waals surface area contributed by atoms with Crippen LogP contribution in [0.3, 0.4) is 0 Å². The molecule has 2 aromatic rings. The lowest BCUT2D eigenvalue weighted by atomic mass is 9.93. The summed E-state index contributed by atoms with van der Waals surface area (Å²) in [7, 11) is 0. The number of hydrogen-bond donors (Lipinski definition) is 4. The van der Waals surface area contributed by atoms with Crippen LogP contribution in [0.25, 0.3) is 0 Å². The van der Waals surface area contributed by atoms with Crippen LogP contribution in [-0.4, -0.2) is 22.6 Å². The molecular weight excluding hydrogens is 402 g/mol. The van der Waals surface area contributed by atoms with Crippen LogP contribution in [0.4, 0.5) is 0 Å². The van der Waals surface area contributed by atoms with Crippen molar-refractivity contribution in [3.63, 3.8) is 0 Å². The van der Waals surface area contributed by atoms with Gasteiger partial charge in [-0.1, -0.05) is 17.7 Å². The molecule has 1 aromatic heterocycles. The van der Waals surface area contributed by atoms with E-state index in [1.54, 1.807) is 25.1 Å². The summed E-state index contributed by atoms with van der Waals surface area (Å²) in [6.45, 7) is 1.76. The van der Waals surface area contributed by atoms with Crippen LogP contribution in [0.5, 0.6) is 0 Å². The molecule has 0 fully saturated rings. The highest BCUT2D eigenvalue weighted by molar-refractivity contribution is 7.80. The van der Waals surface area contributed by atoms with Crippen LogP contribution in [0.1, 0.15) is 50.6 Å². The van der Waals surface area contributed by atoms with Crippen molar-refractivity contribution < 1.29 is 14.0 Å². The molecule has 0 aliphatic heterocycles. The Morgan fingerprint density at radius 3 is 2.71 bits per heavy atom. The predicted octanol–water partition coefficient (Wildman–Crippen LogP) is 2.19. The van der Waals surface area contributed by atoms with Crippen molar-refractivity contribution in [1.82, 2.24) is 16.3 Å². The molecule has 28 heavy (non-hydrogen) atoms. The molecule has 8 nitrogen and oxygen atoms in total. The fraction of sp³-hybridized carbons (Fsp3) is 0.222. The number of aryl methyl sites for hydroxylation is 1. The Labute approximate surface area is 171 Å². The molecule has 0 spiro atoms. The predicted molar refractivity (Wildman–Crippen MR) is 109 cm³/mol. The number of nitrogens with one attached hydrogen (secondary N) is 3. The van der Waals surface area contributed by atoms with Crippen molar-refractivity contribution in [3.05, 3.63) is 57.5 Å². The van der Waals surface area contributed by atoms with E-state index in [2.05, 4.69) is 21.4 Å². The largest absolute Gasteiger partial charge is 0.455 e. The molecule has 1 heterocycles. The van der Waals surface area contributed by atoms with Gasteiger partial charge in [-0.05, 0) is 50.2 Å². The fourth-order valence-corrected chi connectivity index (χ4v) is 3.23. The van der Waals surface area contributed by atoms with E-state index in [1.165, 1.54) is 6.07 Å². The molecule has 3 rings (SSSR count). The van der Waals surface area contributed by atoms with Gasteiger partial charge in [0.2, 0.25) is 0 Å². The zero-order valence-electron chi connectivity index (χ0n) is 15.0. The Morgan fingerprint density at radius 2 is 2.00 bits per heavy atom. The maximum absolute atomic E-state index is 12.5. The lowest BCUT2D eigenvalue weighted by molar-refractivity contribution is 0.0829. The van der Waals surface area contributed by atoms with Crippen LogP contribution in [0, 0.1) is 6.92 Å². The molecule has 5 N–H and O–H groups in total. The Kier molecular flexibility index (Phi) is 5.96. The number of nitrogens with two attached hydrogens (primary N) is 1. The second kappa shape index (κ2) is 8.41. The molecule has 1 aromatic carbocycles. The number of carbonyl (C=O) groups is 2. The molecule has 146 valence electrons. The number of hydrazone groups is 1.